The van der Waals surface area contributed by atoms with Crippen LogP contribution in [-0.4, -0.2) is 22.2 Å². The number of aromatic carboxylic acids is 2. The fourth-order valence-corrected chi connectivity index (χ4v) is 3.09. The summed E-state index contributed by atoms with van der Waals surface area (Å²) in [5.74, 6) is -1.80. The number of carbonyl (C=O) groups is 2. The van der Waals surface area contributed by atoms with Gasteiger partial charge in [0.2, 0.25) is 0 Å². The molecule has 1 unspecified atom stereocenters. The van der Waals surface area contributed by atoms with E-state index in [9.17, 15) is 19.8 Å². The highest BCUT2D eigenvalue weighted by Gasteiger charge is 2.23. The van der Waals surface area contributed by atoms with Gasteiger partial charge in [0.25, 0.3) is 0 Å². The van der Waals surface area contributed by atoms with Crippen molar-refractivity contribution >= 4 is 11.9 Å². The molecule has 0 aliphatic rings. The van der Waals surface area contributed by atoms with Gasteiger partial charge >= 0.3 is 11.9 Å². The van der Waals surface area contributed by atoms with Gasteiger partial charge in [0, 0.05) is 0 Å². The summed E-state index contributed by atoms with van der Waals surface area (Å²) in [5, 5.41) is 18.8. The van der Waals surface area contributed by atoms with E-state index in [-0.39, 0.29) is 11.1 Å². The average molecular weight is 320 g/mol. The minimum atomic E-state index is -1.18. The van der Waals surface area contributed by atoms with Crippen LogP contribution in [0.3, 0.4) is 0 Å². The third kappa shape index (κ3) is 5.08. The molecule has 0 aliphatic carbocycles. The molecule has 0 bridgehead atoms. The maximum Gasteiger partial charge on any atom is 0.336 e. The number of carboxylic acids is 2. The summed E-state index contributed by atoms with van der Waals surface area (Å²) in [5.41, 5.74) is 1.57. The molecule has 0 saturated heterocycles. The topological polar surface area (TPSA) is 74.6 Å². The molecule has 1 atom stereocenters. The van der Waals surface area contributed by atoms with E-state index in [4.69, 9.17) is 0 Å². The van der Waals surface area contributed by atoms with E-state index in [1.165, 1.54) is 12.5 Å². The molecule has 2 N–H and O–H groups in total. The van der Waals surface area contributed by atoms with E-state index < -0.39 is 11.9 Å². The fourth-order valence-electron chi connectivity index (χ4n) is 3.09. The molecule has 0 radical (unpaired) electrons. The van der Waals surface area contributed by atoms with Crippen LogP contribution in [0.4, 0.5) is 0 Å². The highest BCUT2D eigenvalue weighted by atomic mass is 16.4. The van der Waals surface area contributed by atoms with Gasteiger partial charge in [0.05, 0.1) is 11.1 Å². The Kier molecular flexibility index (Phi) is 7.79. The van der Waals surface area contributed by atoms with Gasteiger partial charge in [-0.2, -0.15) is 0 Å². The molecule has 4 heteroatoms. The first kappa shape index (κ1) is 19.2. The lowest BCUT2D eigenvalue weighted by molar-refractivity contribution is 0.0650. The standard InChI is InChI=1S/C19H28O4/c1-4-7-9-13(6-3)12-14-10-11-16(18(20)21)17(19(22)23)15(14)8-5-2/h10-11,13H,4-9,12H2,1-3H3,(H,20,21)(H,22,23). The summed E-state index contributed by atoms with van der Waals surface area (Å²) in [6.07, 6.45) is 6.71. The minimum absolute atomic E-state index is 0.0257. The molecule has 128 valence electrons. The number of rotatable bonds is 10. The lowest BCUT2D eigenvalue weighted by atomic mass is 9.85. The molecular formula is C19H28O4. The maximum absolute atomic E-state index is 11.6. The van der Waals surface area contributed by atoms with E-state index in [0.717, 1.165) is 37.7 Å². The zero-order valence-electron chi connectivity index (χ0n) is 14.4. The van der Waals surface area contributed by atoms with E-state index in [1.807, 2.05) is 13.0 Å². The Hall–Kier alpha value is -1.84. The SMILES string of the molecule is CCCCC(CC)Cc1ccc(C(=O)O)c(C(=O)O)c1CCC. The van der Waals surface area contributed by atoms with Crippen molar-refractivity contribution in [3.05, 3.63) is 34.4 Å². The zero-order chi connectivity index (χ0) is 17.4. The first-order valence-corrected chi connectivity index (χ1v) is 8.57. The second-order valence-corrected chi connectivity index (χ2v) is 6.11. The molecule has 0 aromatic heterocycles. The number of hydrogen-bond donors (Lipinski definition) is 2. The van der Waals surface area contributed by atoms with Gasteiger partial charge in [-0.05, 0) is 36.0 Å². The second kappa shape index (κ2) is 9.33. The van der Waals surface area contributed by atoms with Gasteiger partial charge in [-0.25, -0.2) is 9.59 Å². The van der Waals surface area contributed by atoms with Crippen LogP contribution in [0.5, 0.6) is 0 Å². The van der Waals surface area contributed by atoms with E-state index in [2.05, 4.69) is 13.8 Å². The molecule has 1 rings (SSSR count). The van der Waals surface area contributed by atoms with Crippen molar-refractivity contribution in [3.8, 4) is 0 Å². The number of unbranched alkanes of at least 4 members (excludes halogenated alkanes) is 1. The molecule has 0 saturated carbocycles. The van der Waals surface area contributed by atoms with Crippen LogP contribution in [-0.2, 0) is 12.8 Å². The van der Waals surface area contributed by atoms with Gasteiger partial charge in [0.1, 0.15) is 0 Å². The molecule has 1 aromatic rings. The summed E-state index contributed by atoms with van der Waals surface area (Å²) in [6.45, 7) is 6.31. The normalized spacial score (nSPS) is 12.1. The number of carboxylic acid groups (broad SMARTS) is 2. The molecule has 0 aliphatic heterocycles. The Morgan fingerprint density at radius 1 is 1.04 bits per heavy atom. The molecule has 23 heavy (non-hydrogen) atoms. The van der Waals surface area contributed by atoms with Gasteiger partial charge in [-0.3, -0.25) is 0 Å². The minimum Gasteiger partial charge on any atom is -0.478 e. The lowest BCUT2D eigenvalue weighted by Crippen LogP contribution is -2.15. The zero-order valence-corrected chi connectivity index (χ0v) is 14.4. The van der Waals surface area contributed by atoms with Gasteiger partial charge in [0.15, 0.2) is 0 Å². The molecular weight excluding hydrogens is 292 g/mol. The first-order chi connectivity index (χ1) is 11.0. The van der Waals surface area contributed by atoms with Crippen molar-refractivity contribution in [2.24, 2.45) is 5.92 Å². The Labute approximate surface area is 138 Å². The van der Waals surface area contributed by atoms with Crippen molar-refractivity contribution in [2.75, 3.05) is 0 Å². The van der Waals surface area contributed by atoms with E-state index in [0.29, 0.717) is 17.9 Å². The smallest absolute Gasteiger partial charge is 0.336 e. The average Bonchev–Trinajstić information content (AvgIpc) is 2.51. The summed E-state index contributed by atoms with van der Waals surface area (Å²) in [7, 11) is 0. The number of hydrogen-bond acceptors (Lipinski definition) is 2. The highest BCUT2D eigenvalue weighted by molar-refractivity contribution is 6.03. The van der Waals surface area contributed by atoms with Crippen molar-refractivity contribution in [2.45, 2.75) is 65.7 Å². The lowest BCUT2D eigenvalue weighted by Gasteiger charge is -2.19. The van der Waals surface area contributed by atoms with Gasteiger partial charge in [-0.15, -0.1) is 0 Å². The molecule has 1 aromatic carbocycles. The van der Waals surface area contributed by atoms with Crippen molar-refractivity contribution < 1.29 is 19.8 Å². The van der Waals surface area contributed by atoms with E-state index >= 15 is 0 Å². The summed E-state index contributed by atoms with van der Waals surface area (Å²) in [6, 6.07) is 3.27. The Morgan fingerprint density at radius 2 is 1.74 bits per heavy atom. The molecule has 0 spiro atoms. The quantitative estimate of drug-likeness (QED) is 0.649. The molecule has 4 nitrogen and oxygen atoms in total. The Bertz CT molecular complexity index is 549. The predicted molar refractivity (Wildman–Crippen MR) is 91.4 cm³/mol. The van der Waals surface area contributed by atoms with Crippen LogP contribution >= 0.6 is 0 Å². The molecule has 0 amide bonds. The Morgan fingerprint density at radius 3 is 2.22 bits per heavy atom. The van der Waals surface area contributed by atoms with Crippen molar-refractivity contribution in [1.82, 2.24) is 0 Å². The second-order valence-electron chi connectivity index (χ2n) is 6.11. The van der Waals surface area contributed by atoms with E-state index in [1.54, 1.807) is 0 Å². The monoisotopic (exact) mass is 320 g/mol. The summed E-state index contributed by atoms with van der Waals surface area (Å²) in [4.78, 5) is 23.0. The predicted octanol–water partition coefficient (Wildman–Crippen LogP) is 4.79. The van der Waals surface area contributed by atoms with Crippen molar-refractivity contribution in [1.29, 1.82) is 0 Å². The van der Waals surface area contributed by atoms with Gasteiger partial charge in [-0.1, -0.05) is 58.9 Å². The third-order valence-electron chi connectivity index (χ3n) is 4.41. The van der Waals surface area contributed by atoms with Crippen LogP contribution in [0.2, 0.25) is 0 Å². The van der Waals surface area contributed by atoms with Crippen LogP contribution in [0.25, 0.3) is 0 Å². The fraction of sp³-hybridized carbons (Fsp3) is 0.579. The van der Waals surface area contributed by atoms with Crippen LogP contribution in [0.1, 0.15) is 84.7 Å². The third-order valence-corrected chi connectivity index (χ3v) is 4.41. The van der Waals surface area contributed by atoms with Crippen LogP contribution in [0, 0.1) is 5.92 Å². The van der Waals surface area contributed by atoms with Gasteiger partial charge < -0.3 is 10.2 Å². The summed E-state index contributed by atoms with van der Waals surface area (Å²) >= 11 is 0. The molecule has 0 heterocycles. The first-order valence-electron chi connectivity index (χ1n) is 8.57. The highest BCUT2D eigenvalue weighted by Crippen LogP contribution is 2.26. The van der Waals surface area contributed by atoms with Crippen molar-refractivity contribution in [3.63, 3.8) is 0 Å². The van der Waals surface area contributed by atoms with Crippen LogP contribution in [0.15, 0.2) is 12.1 Å². The largest absolute Gasteiger partial charge is 0.478 e. The molecule has 0 fully saturated rings. The summed E-state index contributed by atoms with van der Waals surface area (Å²) < 4.78 is 0. The Balaban J connectivity index is 3.28. The maximum atomic E-state index is 11.6. The number of benzene rings is 1. The van der Waals surface area contributed by atoms with Crippen LogP contribution < -0.4 is 0 Å².